The molecule has 0 aromatic heterocycles. The molecule has 0 saturated carbocycles. The fourth-order valence-electron chi connectivity index (χ4n) is 2.18. The molecular weight excluding hydrogens is 322 g/mol. The van der Waals surface area contributed by atoms with Crippen molar-refractivity contribution in [1.82, 2.24) is 15.1 Å². The Labute approximate surface area is 127 Å². The lowest BCUT2D eigenvalue weighted by molar-refractivity contribution is 0.0665. The van der Waals surface area contributed by atoms with Gasteiger partial charge in [0.05, 0.1) is 0 Å². The number of hydrogen-bond acceptors (Lipinski definition) is 2. The van der Waals surface area contributed by atoms with Gasteiger partial charge in [0.15, 0.2) is 0 Å². The summed E-state index contributed by atoms with van der Waals surface area (Å²) in [7, 11) is 0. The maximum Gasteiger partial charge on any atom is 0.317 e. The molecule has 0 aliphatic carbocycles. The first-order chi connectivity index (χ1) is 9.61. The molecule has 108 valence electrons. The van der Waals surface area contributed by atoms with E-state index in [9.17, 15) is 9.59 Å². The fourth-order valence-corrected chi connectivity index (χ4v) is 2.58. The molecule has 1 aromatic carbocycles. The number of benzene rings is 1. The van der Waals surface area contributed by atoms with Crippen molar-refractivity contribution in [1.29, 1.82) is 0 Å². The molecular formula is C14H18BrN3O2. The van der Waals surface area contributed by atoms with Crippen molar-refractivity contribution in [2.45, 2.75) is 6.92 Å². The second-order valence-electron chi connectivity index (χ2n) is 4.63. The van der Waals surface area contributed by atoms with Gasteiger partial charge < -0.3 is 15.1 Å². The van der Waals surface area contributed by atoms with Crippen LogP contribution >= 0.6 is 15.9 Å². The number of hydrogen-bond donors (Lipinski definition) is 1. The minimum atomic E-state index is -0.0537. The highest BCUT2D eigenvalue weighted by Crippen LogP contribution is 2.14. The van der Waals surface area contributed by atoms with Crippen LogP contribution in [0.2, 0.25) is 0 Å². The zero-order valence-electron chi connectivity index (χ0n) is 11.4. The first kappa shape index (κ1) is 14.8. The number of amides is 3. The van der Waals surface area contributed by atoms with E-state index in [4.69, 9.17) is 0 Å². The van der Waals surface area contributed by atoms with Gasteiger partial charge >= 0.3 is 6.03 Å². The highest BCUT2D eigenvalue weighted by molar-refractivity contribution is 9.10. The maximum absolute atomic E-state index is 12.3. The van der Waals surface area contributed by atoms with Gasteiger partial charge in [0, 0.05) is 42.8 Å². The Balaban J connectivity index is 1.93. The molecule has 0 unspecified atom stereocenters. The smallest absolute Gasteiger partial charge is 0.317 e. The highest BCUT2D eigenvalue weighted by Gasteiger charge is 2.24. The summed E-state index contributed by atoms with van der Waals surface area (Å²) in [6, 6.07) is 7.32. The fraction of sp³-hybridized carbons (Fsp3) is 0.429. The molecule has 1 aliphatic heterocycles. The van der Waals surface area contributed by atoms with Gasteiger partial charge in [0.1, 0.15) is 0 Å². The normalized spacial score (nSPS) is 15.1. The lowest BCUT2D eigenvalue weighted by Gasteiger charge is -2.34. The molecule has 1 aromatic rings. The van der Waals surface area contributed by atoms with E-state index < -0.39 is 0 Å². The molecule has 1 aliphatic rings. The van der Waals surface area contributed by atoms with E-state index in [0.29, 0.717) is 38.3 Å². The van der Waals surface area contributed by atoms with E-state index in [1.807, 2.05) is 31.2 Å². The number of nitrogens with one attached hydrogen (secondary N) is 1. The van der Waals surface area contributed by atoms with E-state index in [2.05, 4.69) is 21.2 Å². The topological polar surface area (TPSA) is 52.7 Å². The lowest BCUT2D eigenvalue weighted by Crippen LogP contribution is -2.53. The van der Waals surface area contributed by atoms with E-state index in [-0.39, 0.29) is 11.9 Å². The maximum atomic E-state index is 12.3. The third-order valence-electron chi connectivity index (χ3n) is 3.25. The van der Waals surface area contributed by atoms with Crippen molar-refractivity contribution in [2.75, 3.05) is 32.7 Å². The summed E-state index contributed by atoms with van der Waals surface area (Å²) in [4.78, 5) is 27.6. The second kappa shape index (κ2) is 6.74. The Hall–Kier alpha value is -1.56. The van der Waals surface area contributed by atoms with Gasteiger partial charge in [-0.2, -0.15) is 0 Å². The molecule has 6 heteroatoms. The molecule has 1 heterocycles. The summed E-state index contributed by atoms with van der Waals surface area (Å²) >= 11 is 3.37. The van der Waals surface area contributed by atoms with E-state index >= 15 is 0 Å². The molecule has 0 bridgehead atoms. The first-order valence-electron chi connectivity index (χ1n) is 6.69. The number of rotatable bonds is 2. The summed E-state index contributed by atoms with van der Waals surface area (Å²) in [6.07, 6.45) is 0. The van der Waals surface area contributed by atoms with Crippen LogP contribution in [0.3, 0.4) is 0 Å². The van der Waals surface area contributed by atoms with Crippen LogP contribution in [0.25, 0.3) is 0 Å². The highest BCUT2D eigenvalue weighted by atomic mass is 79.9. The van der Waals surface area contributed by atoms with Crippen LogP contribution < -0.4 is 5.32 Å². The number of carbonyl (C=O) groups is 2. The Bertz CT molecular complexity index is 499. The molecule has 3 amide bonds. The summed E-state index contributed by atoms with van der Waals surface area (Å²) in [5.41, 5.74) is 0.672. The van der Waals surface area contributed by atoms with Crippen molar-refractivity contribution < 1.29 is 9.59 Å². The number of nitrogens with zero attached hydrogens (tertiary/aromatic N) is 2. The Kier molecular flexibility index (Phi) is 5.00. The summed E-state index contributed by atoms with van der Waals surface area (Å²) < 4.78 is 0.893. The van der Waals surface area contributed by atoms with Gasteiger partial charge in [0.2, 0.25) is 0 Å². The quantitative estimate of drug-likeness (QED) is 0.895. The van der Waals surface area contributed by atoms with Gasteiger partial charge in [0.25, 0.3) is 5.91 Å². The Morgan fingerprint density at radius 1 is 1.20 bits per heavy atom. The monoisotopic (exact) mass is 339 g/mol. The van der Waals surface area contributed by atoms with Gasteiger partial charge in [-0.1, -0.05) is 22.0 Å². The van der Waals surface area contributed by atoms with Crippen molar-refractivity contribution in [2.24, 2.45) is 0 Å². The van der Waals surface area contributed by atoms with Crippen LogP contribution in [0.1, 0.15) is 17.3 Å². The van der Waals surface area contributed by atoms with Crippen LogP contribution in [0.5, 0.6) is 0 Å². The third-order valence-corrected chi connectivity index (χ3v) is 3.75. The molecule has 1 fully saturated rings. The standard InChI is InChI=1S/C14H18BrN3O2/c1-2-16-14(20)18-8-6-17(7-9-18)13(19)11-4-3-5-12(15)10-11/h3-5,10H,2,6-9H2,1H3,(H,16,20). The molecule has 1 N–H and O–H groups in total. The van der Waals surface area contributed by atoms with Gasteiger partial charge in [-0.25, -0.2) is 4.79 Å². The summed E-state index contributed by atoms with van der Waals surface area (Å²) in [5.74, 6) is 0.0156. The van der Waals surface area contributed by atoms with E-state index in [0.717, 1.165) is 4.47 Å². The van der Waals surface area contributed by atoms with Crippen molar-refractivity contribution in [3.05, 3.63) is 34.3 Å². The zero-order valence-corrected chi connectivity index (χ0v) is 13.0. The van der Waals surface area contributed by atoms with Crippen LogP contribution in [0.15, 0.2) is 28.7 Å². The molecule has 20 heavy (non-hydrogen) atoms. The van der Waals surface area contributed by atoms with Gasteiger partial charge in [-0.3, -0.25) is 4.79 Å². The molecule has 0 atom stereocenters. The average molecular weight is 340 g/mol. The van der Waals surface area contributed by atoms with Crippen molar-refractivity contribution in [3.63, 3.8) is 0 Å². The minimum Gasteiger partial charge on any atom is -0.338 e. The van der Waals surface area contributed by atoms with Crippen LogP contribution in [-0.2, 0) is 0 Å². The zero-order chi connectivity index (χ0) is 14.5. The van der Waals surface area contributed by atoms with Crippen LogP contribution in [-0.4, -0.2) is 54.5 Å². The molecule has 2 rings (SSSR count). The van der Waals surface area contributed by atoms with E-state index in [1.54, 1.807) is 9.80 Å². The number of urea groups is 1. The molecule has 0 spiro atoms. The largest absolute Gasteiger partial charge is 0.338 e. The summed E-state index contributed by atoms with van der Waals surface area (Å²) in [6.45, 7) is 4.81. The summed E-state index contributed by atoms with van der Waals surface area (Å²) in [5, 5.41) is 2.78. The average Bonchev–Trinajstić information content (AvgIpc) is 2.47. The number of piperazine rings is 1. The van der Waals surface area contributed by atoms with Gasteiger partial charge in [-0.05, 0) is 25.1 Å². The Morgan fingerprint density at radius 2 is 1.85 bits per heavy atom. The van der Waals surface area contributed by atoms with Crippen molar-refractivity contribution in [3.8, 4) is 0 Å². The van der Waals surface area contributed by atoms with Crippen LogP contribution in [0, 0.1) is 0 Å². The van der Waals surface area contributed by atoms with Crippen molar-refractivity contribution >= 4 is 27.9 Å². The second-order valence-corrected chi connectivity index (χ2v) is 5.54. The predicted octanol–water partition coefficient (Wildman–Crippen LogP) is 1.94. The molecule has 1 saturated heterocycles. The minimum absolute atomic E-state index is 0.0156. The van der Waals surface area contributed by atoms with Gasteiger partial charge in [-0.15, -0.1) is 0 Å². The van der Waals surface area contributed by atoms with E-state index in [1.165, 1.54) is 0 Å². The number of carbonyl (C=O) groups excluding carboxylic acids is 2. The predicted molar refractivity (Wildman–Crippen MR) is 80.7 cm³/mol. The first-order valence-corrected chi connectivity index (χ1v) is 7.48. The molecule has 5 nitrogen and oxygen atoms in total. The SMILES string of the molecule is CCNC(=O)N1CCN(C(=O)c2cccc(Br)c2)CC1. The Morgan fingerprint density at radius 3 is 2.45 bits per heavy atom. The van der Waals surface area contributed by atoms with Crippen LogP contribution in [0.4, 0.5) is 4.79 Å². The third kappa shape index (κ3) is 3.50. The number of halogens is 1. The molecule has 0 radical (unpaired) electrons. The lowest BCUT2D eigenvalue weighted by atomic mass is 10.2.